The van der Waals surface area contributed by atoms with Crippen LogP contribution in [0.3, 0.4) is 0 Å². The van der Waals surface area contributed by atoms with Gasteiger partial charge in [-0.15, -0.1) is 0 Å². The van der Waals surface area contributed by atoms with Crippen LogP contribution in [0.4, 0.5) is 5.69 Å². The molecule has 2 unspecified atom stereocenters. The summed E-state index contributed by atoms with van der Waals surface area (Å²) in [6.45, 7) is 1.34. The normalized spacial score (nSPS) is 26.4. The lowest BCUT2D eigenvalue weighted by molar-refractivity contribution is 0.192. The molecular formula is C10H13BrN2O. The summed E-state index contributed by atoms with van der Waals surface area (Å²) in [5, 5.41) is 3.35. The number of benzene rings is 1. The first-order chi connectivity index (χ1) is 6.75. The molecule has 1 fully saturated rings. The average molecular weight is 257 g/mol. The predicted octanol–water partition coefficient (Wildman–Crippen LogP) is 1.59. The van der Waals surface area contributed by atoms with Crippen LogP contribution in [0.2, 0.25) is 0 Å². The zero-order valence-corrected chi connectivity index (χ0v) is 9.33. The first kappa shape index (κ1) is 9.96. The highest BCUT2D eigenvalue weighted by Crippen LogP contribution is 2.16. The molecule has 2 rings (SSSR count). The number of hydrogen-bond acceptors (Lipinski definition) is 3. The highest BCUT2D eigenvalue weighted by molar-refractivity contribution is 9.10. The van der Waals surface area contributed by atoms with Crippen LogP contribution in [0.5, 0.6) is 0 Å². The van der Waals surface area contributed by atoms with Crippen molar-refractivity contribution in [2.75, 3.05) is 18.5 Å². The van der Waals surface area contributed by atoms with Crippen LogP contribution < -0.4 is 11.1 Å². The molecular weight excluding hydrogens is 244 g/mol. The monoisotopic (exact) mass is 256 g/mol. The maximum absolute atomic E-state index is 5.86. The van der Waals surface area contributed by atoms with Gasteiger partial charge in [0.1, 0.15) is 0 Å². The highest BCUT2D eigenvalue weighted by Gasteiger charge is 2.24. The van der Waals surface area contributed by atoms with E-state index in [0.29, 0.717) is 13.2 Å². The SMILES string of the molecule is NC1COCC1Nc1ccc(Br)cc1. The molecule has 0 spiro atoms. The van der Waals surface area contributed by atoms with Crippen molar-refractivity contribution in [1.82, 2.24) is 0 Å². The van der Waals surface area contributed by atoms with Gasteiger partial charge in [0.25, 0.3) is 0 Å². The minimum absolute atomic E-state index is 0.0960. The number of nitrogens with one attached hydrogen (secondary N) is 1. The second-order valence-corrected chi connectivity index (χ2v) is 4.37. The Balaban J connectivity index is 2.00. The van der Waals surface area contributed by atoms with Gasteiger partial charge in [0.05, 0.1) is 25.3 Å². The number of ether oxygens (including phenoxy) is 1. The van der Waals surface area contributed by atoms with Crippen LogP contribution in [0.25, 0.3) is 0 Å². The van der Waals surface area contributed by atoms with Crippen molar-refractivity contribution in [3.05, 3.63) is 28.7 Å². The molecule has 2 atom stereocenters. The van der Waals surface area contributed by atoms with Gasteiger partial charge >= 0.3 is 0 Å². The van der Waals surface area contributed by atoms with E-state index < -0.39 is 0 Å². The molecule has 1 aliphatic rings. The molecule has 14 heavy (non-hydrogen) atoms. The Labute approximate surface area is 91.8 Å². The smallest absolute Gasteiger partial charge is 0.0684 e. The number of anilines is 1. The van der Waals surface area contributed by atoms with Gasteiger partial charge in [-0.05, 0) is 24.3 Å². The van der Waals surface area contributed by atoms with E-state index in [9.17, 15) is 0 Å². The van der Waals surface area contributed by atoms with Crippen LogP contribution in [-0.2, 0) is 4.74 Å². The molecule has 0 aromatic heterocycles. The quantitative estimate of drug-likeness (QED) is 0.845. The lowest BCUT2D eigenvalue weighted by Gasteiger charge is -2.16. The Kier molecular flexibility index (Phi) is 3.05. The van der Waals surface area contributed by atoms with E-state index in [1.807, 2.05) is 24.3 Å². The summed E-state index contributed by atoms with van der Waals surface area (Å²) in [5.41, 5.74) is 6.94. The number of hydrogen-bond donors (Lipinski definition) is 2. The first-order valence-corrected chi connectivity index (χ1v) is 5.40. The third-order valence-corrected chi connectivity index (χ3v) is 2.85. The molecule has 0 saturated carbocycles. The molecule has 76 valence electrons. The van der Waals surface area contributed by atoms with Crippen LogP contribution in [0.1, 0.15) is 0 Å². The largest absolute Gasteiger partial charge is 0.378 e. The Morgan fingerprint density at radius 2 is 2.00 bits per heavy atom. The molecule has 1 heterocycles. The van der Waals surface area contributed by atoms with Crippen LogP contribution in [0, 0.1) is 0 Å². The van der Waals surface area contributed by atoms with Crippen molar-refractivity contribution < 1.29 is 4.74 Å². The van der Waals surface area contributed by atoms with E-state index in [1.54, 1.807) is 0 Å². The van der Waals surface area contributed by atoms with Crippen molar-refractivity contribution >= 4 is 21.6 Å². The standard InChI is InChI=1S/C10H13BrN2O/c11-7-1-3-8(4-2-7)13-10-6-14-5-9(10)12/h1-4,9-10,13H,5-6,12H2. The lowest BCUT2D eigenvalue weighted by Crippen LogP contribution is -2.38. The Hall–Kier alpha value is -0.580. The van der Waals surface area contributed by atoms with Gasteiger partial charge in [-0.3, -0.25) is 0 Å². The van der Waals surface area contributed by atoms with Gasteiger partial charge in [0.2, 0.25) is 0 Å². The van der Waals surface area contributed by atoms with Gasteiger partial charge in [0, 0.05) is 10.2 Å². The van der Waals surface area contributed by atoms with Gasteiger partial charge in [0.15, 0.2) is 0 Å². The van der Waals surface area contributed by atoms with E-state index >= 15 is 0 Å². The van der Waals surface area contributed by atoms with Crippen LogP contribution in [0.15, 0.2) is 28.7 Å². The van der Waals surface area contributed by atoms with Gasteiger partial charge in [-0.2, -0.15) is 0 Å². The van der Waals surface area contributed by atoms with E-state index in [1.165, 1.54) is 0 Å². The minimum atomic E-state index is 0.0960. The molecule has 1 saturated heterocycles. The summed E-state index contributed by atoms with van der Waals surface area (Å²) in [6, 6.07) is 8.38. The van der Waals surface area contributed by atoms with Crippen molar-refractivity contribution in [2.45, 2.75) is 12.1 Å². The van der Waals surface area contributed by atoms with E-state index in [0.717, 1.165) is 10.2 Å². The highest BCUT2D eigenvalue weighted by atomic mass is 79.9. The Bertz CT molecular complexity index is 301. The van der Waals surface area contributed by atoms with Crippen molar-refractivity contribution in [3.63, 3.8) is 0 Å². The fourth-order valence-electron chi connectivity index (χ4n) is 1.48. The fourth-order valence-corrected chi connectivity index (χ4v) is 1.74. The Morgan fingerprint density at radius 1 is 1.29 bits per heavy atom. The number of nitrogens with two attached hydrogens (primary N) is 1. The molecule has 1 aromatic rings. The van der Waals surface area contributed by atoms with Gasteiger partial charge < -0.3 is 15.8 Å². The summed E-state index contributed by atoms with van der Waals surface area (Å²) in [6.07, 6.45) is 0. The first-order valence-electron chi connectivity index (χ1n) is 4.61. The molecule has 0 amide bonds. The molecule has 0 bridgehead atoms. The van der Waals surface area contributed by atoms with E-state index in [2.05, 4.69) is 21.2 Å². The second-order valence-electron chi connectivity index (χ2n) is 3.46. The molecule has 3 N–H and O–H groups in total. The zero-order valence-electron chi connectivity index (χ0n) is 7.74. The molecule has 0 radical (unpaired) electrons. The second kappa shape index (κ2) is 4.29. The summed E-state index contributed by atoms with van der Waals surface area (Å²) in [4.78, 5) is 0. The maximum atomic E-state index is 5.86. The van der Waals surface area contributed by atoms with Gasteiger partial charge in [-0.1, -0.05) is 15.9 Å². The van der Waals surface area contributed by atoms with Crippen LogP contribution >= 0.6 is 15.9 Å². The molecule has 0 aliphatic carbocycles. The van der Waals surface area contributed by atoms with Gasteiger partial charge in [-0.25, -0.2) is 0 Å². The predicted molar refractivity (Wildman–Crippen MR) is 60.3 cm³/mol. The summed E-state index contributed by atoms with van der Waals surface area (Å²) >= 11 is 3.39. The van der Waals surface area contributed by atoms with Crippen molar-refractivity contribution in [1.29, 1.82) is 0 Å². The third-order valence-electron chi connectivity index (χ3n) is 2.32. The molecule has 1 aromatic carbocycles. The number of halogens is 1. The van der Waals surface area contributed by atoms with E-state index in [-0.39, 0.29) is 12.1 Å². The van der Waals surface area contributed by atoms with Crippen LogP contribution in [-0.4, -0.2) is 25.3 Å². The minimum Gasteiger partial charge on any atom is -0.378 e. The molecule has 4 heteroatoms. The summed E-state index contributed by atoms with van der Waals surface area (Å²) < 4.78 is 6.35. The Morgan fingerprint density at radius 3 is 2.57 bits per heavy atom. The van der Waals surface area contributed by atoms with Crippen molar-refractivity contribution in [2.24, 2.45) is 5.73 Å². The van der Waals surface area contributed by atoms with Crippen molar-refractivity contribution in [3.8, 4) is 0 Å². The maximum Gasteiger partial charge on any atom is 0.0684 e. The zero-order chi connectivity index (χ0) is 9.97. The molecule has 1 aliphatic heterocycles. The average Bonchev–Trinajstić information content (AvgIpc) is 2.56. The lowest BCUT2D eigenvalue weighted by atomic mass is 10.2. The fraction of sp³-hybridized carbons (Fsp3) is 0.400. The number of rotatable bonds is 2. The third kappa shape index (κ3) is 2.26. The van der Waals surface area contributed by atoms with E-state index in [4.69, 9.17) is 10.5 Å². The topological polar surface area (TPSA) is 47.3 Å². The summed E-state index contributed by atoms with van der Waals surface area (Å²) in [5.74, 6) is 0. The summed E-state index contributed by atoms with van der Waals surface area (Å²) in [7, 11) is 0. The molecule has 3 nitrogen and oxygen atoms in total.